The van der Waals surface area contributed by atoms with Gasteiger partial charge in [-0.25, -0.2) is 14.6 Å². The van der Waals surface area contributed by atoms with Gasteiger partial charge in [-0.1, -0.05) is 17.7 Å². The molecule has 0 bridgehead atoms. The van der Waals surface area contributed by atoms with Gasteiger partial charge in [-0.05, 0) is 43.7 Å². The number of methoxy groups -OCH3 is 1. The van der Waals surface area contributed by atoms with E-state index in [-0.39, 0.29) is 11.9 Å². The van der Waals surface area contributed by atoms with Crippen molar-refractivity contribution in [1.82, 2.24) is 34.6 Å². The predicted molar refractivity (Wildman–Crippen MR) is 151 cm³/mol. The molecule has 39 heavy (non-hydrogen) atoms. The van der Waals surface area contributed by atoms with Crippen molar-refractivity contribution >= 4 is 34.4 Å². The van der Waals surface area contributed by atoms with E-state index in [0.29, 0.717) is 39.0 Å². The third-order valence-electron chi connectivity index (χ3n) is 6.66. The number of carbonyl (C=O) groups is 1. The highest BCUT2D eigenvalue weighted by Crippen LogP contribution is 2.44. The van der Waals surface area contributed by atoms with Crippen LogP contribution in [0.1, 0.15) is 34.6 Å². The predicted octanol–water partition coefficient (Wildman–Crippen LogP) is 4.81. The summed E-state index contributed by atoms with van der Waals surface area (Å²) in [6, 6.07) is 8.81. The summed E-state index contributed by atoms with van der Waals surface area (Å²) in [4.78, 5) is 31.2. The summed E-state index contributed by atoms with van der Waals surface area (Å²) in [6.07, 6.45) is 6.50. The van der Waals surface area contributed by atoms with Crippen molar-refractivity contribution in [3.05, 3.63) is 77.1 Å². The van der Waals surface area contributed by atoms with Gasteiger partial charge in [0, 0.05) is 60.0 Å². The van der Waals surface area contributed by atoms with Crippen molar-refractivity contribution in [2.75, 3.05) is 26.9 Å². The van der Waals surface area contributed by atoms with E-state index in [9.17, 15) is 4.79 Å². The SMILES string of the molecule is COc1c(C(C)n2nc(-c3cccnc3)c3c(N)ncnc32)cc(Cl)c(C)c1-c1ccc(C(=O)N(C)C)nc1. The van der Waals surface area contributed by atoms with Crippen LogP contribution in [0.5, 0.6) is 5.75 Å². The molecule has 0 aliphatic heterocycles. The Labute approximate surface area is 230 Å². The van der Waals surface area contributed by atoms with Crippen molar-refractivity contribution in [3.8, 4) is 28.1 Å². The number of nitrogen functional groups attached to an aromatic ring is 1. The number of anilines is 1. The summed E-state index contributed by atoms with van der Waals surface area (Å²) in [5.74, 6) is 0.763. The lowest BCUT2D eigenvalue weighted by Gasteiger charge is -2.22. The zero-order valence-electron chi connectivity index (χ0n) is 22.2. The third-order valence-corrected chi connectivity index (χ3v) is 7.05. The highest BCUT2D eigenvalue weighted by Gasteiger charge is 2.26. The van der Waals surface area contributed by atoms with Gasteiger partial charge in [0.2, 0.25) is 0 Å². The third kappa shape index (κ3) is 4.52. The van der Waals surface area contributed by atoms with Gasteiger partial charge in [0.15, 0.2) is 5.65 Å². The maximum atomic E-state index is 12.4. The number of fused-ring (bicyclic) bond motifs is 1. The molecule has 1 aromatic carbocycles. The molecule has 0 radical (unpaired) electrons. The van der Waals surface area contributed by atoms with E-state index >= 15 is 0 Å². The first-order valence-electron chi connectivity index (χ1n) is 12.2. The molecular formula is C28H27ClN8O2. The number of ether oxygens (including phenoxy) is 1. The van der Waals surface area contributed by atoms with Crippen LogP contribution in [0.2, 0.25) is 5.02 Å². The van der Waals surface area contributed by atoms with Gasteiger partial charge in [0.25, 0.3) is 5.91 Å². The normalized spacial score (nSPS) is 11.9. The minimum atomic E-state index is -0.360. The lowest BCUT2D eigenvalue weighted by molar-refractivity contribution is 0.0822. The van der Waals surface area contributed by atoms with Gasteiger partial charge in [-0.2, -0.15) is 5.10 Å². The smallest absolute Gasteiger partial charge is 0.271 e. The Morgan fingerprint density at radius 3 is 2.56 bits per heavy atom. The van der Waals surface area contributed by atoms with Gasteiger partial charge in [-0.3, -0.25) is 14.8 Å². The number of aromatic nitrogens is 6. The molecule has 1 atom stereocenters. The van der Waals surface area contributed by atoms with Crippen molar-refractivity contribution < 1.29 is 9.53 Å². The first kappa shape index (κ1) is 26.1. The molecular weight excluding hydrogens is 516 g/mol. The van der Waals surface area contributed by atoms with Gasteiger partial charge in [0.05, 0.1) is 18.5 Å². The molecule has 4 aromatic heterocycles. The molecule has 1 unspecified atom stereocenters. The van der Waals surface area contributed by atoms with E-state index in [1.807, 2.05) is 38.1 Å². The molecule has 0 fully saturated rings. The molecule has 0 aliphatic carbocycles. The molecule has 0 saturated heterocycles. The van der Waals surface area contributed by atoms with Crippen LogP contribution in [0.15, 0.2) is 55.2 Å². The Bertz CT molecular complexity index is 1680. The maximum absolute atomic E-state index is 12.4. The van der Waals surface area contributed by atoms with Crippen molar-refractivity contribution in [1.29, 1.82) is 0 Å². The van der Waals surface area contributed by atoms with E-state index in [0.717, 1.165) is 27.8 Å². The Morgan fingerprint density at radius 2 is 1.92 bits per heavy atom. The average Bonchev–Trinajstić information content (AvgIpc) is 3.35. The highest BCUT2D eigenvalue weighted by molar-refractivity contribution is 6.32. The van der Waals surface area contributed by atoms with E-state index < -0.39 is 0 Å². The lowest BCUT2D eigenvalue weighted by Crippen LogP contribution is -2.22. The van der Waals surface area contributed by atoms with Gasteiger partial charge >= 0.3 is 0 Å². The fraction of sp³-hybridized carbons (Fsp3) is 0.214. The van der Waals surface area contributed by atoms with Crippen LogP contribution >= 0.6 is 11.6 Å². The van der Waals surface area contributed by atoms with Crippen LogP contribution in [0.4, 0.5) is 5.82 Å². The quantitative estimate of drug-likeness (QED) is 0.324. The van der Waals surface area contributed by atoms with E-state index in [2.05, 4.69) is 19.9 Å². The zero-order valence-corrected chi connectivity index (χ0v) is 22.9. The maximum Gasteiger partial charge on any atom is 0.271 e. The molecule has 4 heterocycles. The summed E-state index contributed by atoms with van der Waals surface area (Å²) in [5, 5.41) is 6.11. The fourth-order valence-electron chi connectivity index (χ4n) is 4.62. The molecule has 2 N–H and O–H groups in total. The molecule has 0 spiro atoms. The summed E-state index contributed by atoms with van der Waals surface area (Å²) >= 11 is 6.78. The van der Waals surface area contributed by atoms with Crippen LogP contribution in [0.3, 0.4) is 0 Å². The Kier molecular flexibility index (Phi) is 6.88. The summed E-state index contributed by atoms with van der Waals surface area (Å²) < 4.78 is 7.77. The lowest BCUT2D eigenvalue weighted by atomic mass is 9.94. The first-order valence-corrected chi connectivity index (χ1v) is 12.5. The van der Waals surface area contributed by atoms with Crippen LogP contribution in [-0.4, -0.2) is 61.7 Å². The second-order valence-corrected chi connectivity index (χ2v) is 9.69. The Balaban J connectivity index is 1.68. The minimum absolute atomic E-state index is 0.179. The Morgan fingerprint density at radius 1 is 1.13 bits per heavy atom. The number of hydrogen-bond donors (Lipinski definition) is 1. The zero-order chi connectivity index (χ0) is 27.8. The number of benzene rings is 1. The van der Waals surface area contributed by atoms with Crippen LogP contribution in [0, 0.1) is 6.92 Å². The molecule has 1 amide bonds. The van der Waals surface area contributed by atoms with Gasteiger partial charge in [0.1, 0.15) is 29.3 Å². The molecule has 10 nitrogen and oxygen atoms in total. The molecule has 5 rings (SSSR count). The molecule has 198 valence electrons. The second-order valence-electron chi connectivity index (χ2n) is 9.28. The molecule has 11 heteroatoms. The van der Waals surface area contributed by atoms with Crippen LogP contribution in [0.25, 0.3) is 33.4 Å². The second kappa shape index (κ2) is 10.3. The molecule has 0 saturated carbocycles. The number of pyridine rings is 2. The number of hydrogen-bond acceptors (Lipinski definition) is 8. The number of nitrogens with zero attached hydrogens (tertiary/aromatic N) is 7. The monoisotopic (exact) mass is 542 g/mol. The van der Waals surface area contributed by atoms with Crippen LogP contribution < -0.4 is 10.5 Å². The average molecular weight is 543 g/mol. The summed E-state index contributed by atoms with van der Waals surface area (Å²) in [6.45, 7) is 3.91. The number of amides is 1. The van der Waals surface area contributed by atoms with Gasteiger partial charge < -0.3 is 15.4 Å². The number of rotatable bonds is 6. The topological polar surface area (TPSA) is 125 Å². The largest absolute Gasteiger partial charge is 0.496 e. The van der Waals surface area contributed by atoms with E-state index in [4.69, 9.17) is 27.2 Å². The fourth-order valence-corrected chi connectivity index (χ4v) is 4.83. The van der Waals surface area contributed by atoms with Crippen molar-refractivity contribution in [2.45, 2.75) is 19.9 Å². The van der Waals surface area contributed by atoms with E-state index in [1.165, 1.54) is 11.2 Å². The summed E-state index contributed by atoms with van der Waals surface area (Å²) in [7, 11) is 4.99. The van der Waals surface area contributed by atoms with Crippen molar-refractivity contribution in [2.24, 2.45) is 0 Å². The van der Waals surface area contributed by atoms with E-state index in [1.54, 1.807) is 50.5 Å². The highest BCUT2D eigenvalue weighted by atomic mass is 35.5. The first-order chi connectivity index (χ1) is 18.7. The molecule has 5 aromatic rings. The number of nitrogens with two attached hydrogens (primary N) is 1. The summed E-state index contributed by atoms with van der Waals surface area (Å²) in [5.41, 5.74) is 11.8. The Hall–Kier alpha value is -4.57. The van der Waals surface area contributed by atoms with Crippen molar-refractivity contribution in [3.63, 3.8) is 0 Å². The number of carbonyl (C=O) groups excluding carboxylic acids is 1. The van der Waals surface area contributed by atoms with Gasteiger partial charge in [-0.15, -0.1) is 0 Å². The molecule has 0 aliphatic rings. The number of halogens is 1. The standard InChI is InChI=1S/C28H27ClN8O2/c1-15-20(29)11-19(25(39-5)22(15)17-8-9-21(32-13-17)28(38)36(3)4)16(2)37-27-23(26(30)33-14-34-27)24(35-37)18-7-6-10-31-12-18/h6-14,16H,1-5H3,(H2,30,33,34). The van der Waals surface area contributed by atoms with Crippen LogP contribution in [-0.2, 0) is 0 Å². The minimum Gasteiger partial charge on any atom is -0.496 e.